The normalized spacial score (nSPS) is 11.5. The number of unbranched alkanes of at least 4 members (excludes halogenated alkanes) is 3. The summed E-state index contributed by atoms with van der Waals surface area (Å²) in [7, 11) is 0. The molecule has 0 aliphatic carbocycles. The molecule has 7 heteroatoms. The molecule has 6 nitrogen and oxygen atoms in total. The van der Waals surface area contributed by atoms with E-state index in [4.69, 9.17) is 4.74 Å². The number of nitro groups is 1. The predicted molar refractivity (Wildman–Crippen MR) is 127 cm³/mol. The number of hydrogen-bond acceptors (Lipinski definition) is 4. The molecular weight excluding hydrogens is 487 g/mol. The summed E-state index contributed by atoms with van der Waals surface area (Å²) >= 11 is 0.0993. The molecule has 0 fully saturated rings. The Kier molecular flexibility index (Phi) is 11.2. The minimum absolute atomic E-state index is 0.0214. The van der Waals surface area contributed by atoms with Crippen molar-refractivity contribution >= 4 is 37.9 Å². The van der Waals surface area contributed by atoms with Crippen LogP contribution in [0.3, 0.4) is 0 Å². The molecule has 1 aromatic rings. The second-order valence-electron chi connectivity index (χ2n) is 9.07. The second-order valence-corrected chi connectivity index (χ2v) is 11.9. The number of nitrogens with one attached hydrogen (secondary N) is 1. The van der Waals surface area contributed by atoms with Gasteiger partial charge in [-0.25, -0.2) is 0 Å². The zero-order chi connectivity index (χ0) is 22.9. The Morgan fingerprint density at radius 1 is 0.967 bits per heavy atom. The van der Waals surface area contributed by atoms with E-state index in [0.29, 0.717) is 12.8 Å². The van der Waals surface area contributed by atoms with E-state index in [9.17, 15) is 14.9 Å². The molecule has 1 amide bonds. The predicted octanol–water partition coefficient (Wildman–Crippen LogP) is 4.50. The van der Waals surface area contributed by atoms with Crippen LogP contribution in [0.25, 0.3) is 0 Å². The Bertz CT molecular complexity index is 742. The number of nitro benzene ring substituents is 1. The van der Waals surface area contributed by atoms with E-state index in [2.05, 4.69) is 26.1 Å². The van der Waals surface area contributed by atoms with Crippen LogP contribution in [0, 0.1) is 10.1 Å². The topological polar surface area (TPSA) is 81.5 Å². The van der Waals surface area contributed by atoms with Crippen molar-refractivity contribution < 1.29 is 14.5 Å². The number of carbonyl (C=O) groups is 1. The van der Waals surface area contributed by atoms with Gasteiger partial charge in [0.25, 0.3) is 0 Å². The first-order valence-electron chi connectivity index (χ1n) is 11.4. The van der Waals surface area contributed by atoms with Gasteiger partial charge in [-0.3, -0.25) is 0 Å². The van der Waals surface area contributed by atoms with Gasteiger partial charge in [0.1, 0.15) is 0 Å². The van der Waals surface area contributed by atoms with Gasteiger partial charge in [0.2, 0.25) is 0 Å². The van der Waals surface area contributed by atoms with E-state index in [-0.39, 0.29) is 38.9 Å². The van der Waals surface area contributed by atoms with Gasteiger partial charge in [-0.15, -0.1) is 0 Å². The van der Waals surface area contributed by atoms with Gasteiger partial charge < -0.3 is 0 Å². The van der Waals surface area contributed by atoms with Gasteiger partial charge in [-0.1, -0.05) is 0 Å². The molecule has 0 radical (unpaired) electrons. The minimum atomic E-state index is -0.626. The zero-order valence-electron chi connectivity index (χ0n) is 19.9. The van der Waals surface area contributed by atoms with E-state index in [1.807, 2.05) is 20.8 Å². The molecule has 0 bridgehead atoms. The van der Waals surface area contributed by atoms with Gasteiger partial charge in [-0.05, 0) is 0 Å². The first-order chi connectivity index (χ1) is 14.1. The number of carbonyl (C=O) groups excluding carboxylic acids is 1. The third kappa shape index (κ3) is 7.74. The van der Waals surface area contributed by atoms with Crippen LogP contribution < -0.4 is 13.6 Å². The van der Waals surface area contributed by atoms with Crippen molar-refractivity contribution in [2.24, 2.45) is 0 Å². The summed E-state index contributed by atoms with van der Waals surface area (Å²) < 4.78 is 6.95. The summed E-state index contributed by atoms with van der Waals surface area (Å²) in [6.07, 6.45) is 7.48. The summed E-state index contributed by atoms with van der Waals surface area (Å²) in [5.41, 5.74) is 2.45. The molecular formula is C23H40N2O4Sn. The molecule has 0 spiro atoms. The summed E-state index contributed by atoms with van der Waals surface area (Å²) in [5.74, 6) is 0.185. The average Bonchev–Trinajstić information content (AvgIpc) is 2.63. The Labute approximate surface area is 194 Å². The zero-order valence-corrected chi connectivity index (χ0v) is 25.7. The fraction of sp³-hybridized carbons (Fsp3) is 0.696. The first kappa shape index (κ1) is 26.7. The third-order valence-electron chi connectivity index (χ3n) is 5.24. The molecule has 0 heterocycles. The number of amides is 1. The van der Waals surface area contributed by atoms with Crippen LogP contribution in [0.1, 0.15) is 96.8 Å². The van der Waals surface area contributed by atoms with Crippen LogP contribution in [0.2, 0.25) is 0 Å². The number of benzene rings is 1. The molecule has 0 atom stereocenters. The molecule has 0 aliphatic rings. The fourth-order valence-corrected chi connectivity index (χ4v) is 6.66. The standard InChI is InChI=1S/C23H37N2O4.Sn.3H/c1-7-10-13-17-16-18(14-11-8-2)20(25(27)28)21(19(17)15-12-9-3)29-22(26)24-23(4,5)6;;;;/h7-15H2,1-6H3,(H,24,26);;;;. The van der Waals surface area contributed by atoms with E-state index >= 15 is 0 Å². The Balaban J connectivity index is 3.73. The van der Waals surface area contributed by atoms with Crippen molar-refractivity contribution in [1.29, 1.82) is 0 Å². The van der Waals surface area contributed by atoms with Crippen molar-refractivity contribution in [2.45, 2.75) is 105 Å². The molecule has 0 saturated carbocycles. The van der Waals surface area contributed by atoms with Crippen LogP contribution in [0.15, 0.2) is 0 Å². The Morgan fingerprint density at radius 3 is 1.87 bits per heavy atom. The van der Waals surface area contributed by atoms with Crippen molar-refractivity contribution in [2.75, 3.05) is 0 Å². The van der Waals surface area contributed by atoms with Gasteiger partial charge in [0, 0.05) is 0 Å². The maximum absolute atomic E-state index is 12.6. The number of nitrogens with zero attached hydrogens (tertiary/aromatic N) is 1. The van der Waals surface area contributed by atoms with Crippen LogP contribution in [-0.2, 0) is 19.3 Å². The van der Waals surface area contributed by atoms with Crippen molar-refractivity contribution in [3.63, 3.8) is 0 Å². The van der Waals surface area contributed by atoms with Crippen LogP contribution in [0.5, 0.6) is 5.75 Å². The molecule has 0 saturated heterocycles. The molecule has 1 N–H and O–H groups in total. The van der Waals surface area contributed by atoms with Crippen molar-refractivity contribution in [3.8, 4) is 5.75 Å². The van der Waals surface area contributed by atoms with Crippen LogP contribution in [-0.4, -0.2) is 39.1 Å². The van der Waals surface area contributed by atoms with Crippen LogP contribution in [0.4, 0.5) is 10.5 Å². The summed E-state index contributed by atoms with van der Waals surface area (Å²) in [6.45, 7) is 11.9. The molecule has 0 aromatic heterocycles. The second kappa shape index (κ2) is 12.5. The molecule has 0 unspecified atom stereocenters. The monoisotopic (exact) mass is 528 g/mol. The summed E-state index contributed by atoms with van der Waals surface area (Å²) in [6, 6.07) is 0. The molecule has 0 aliphatic heterocycles. The number of ether oxygens (including phenoxy) is 1. The van der Waals surface area contributed by atoms with Crippen LogP contribution >= 0.6 is 0 Å². The number of hydrogen-bond donors (Lipinski definition) is 1. The summed E-state index contributed by atoms with van der Waals surface area (Å²) in [5, 5.41) is 15.0. The third-order valence-corrected chi connectivity index (χ3v) is 8.69. The van der Waals surface area contributed by atoms with Crippen molar-refractivity contribution in [1.82, 2.24) is 5.32 Å². The van der Waals surface area contributed by atoms with Gasteiger partial charge >= 0.3 is 195 Å². The van der Waals surface area contributed by atoms with Gasteiger partial charge in [-0.2, -0.15) is 0 Å². The number of rotatable bonds is 11. The average molecular weight is 527 g/mol. The van der Waals surface area contributed by atoms with Gasteiger partial charge in [0.05, 0.1) is 0 Å². The molecule has 1 aromatic carbocycles. The summed E-state index contributed by atoms with van der Waals surface area (Å²) in [4.78, 5) is 24.5. The SMILES string of the molecule is CCCCc1[c]([SnH3])c(CCCC)c([N+](=O)[O-])c(OC(=O)NC(C)(C)C)c1CCCC. The quantitative estimate of drug-likeness (QED) is 0.261. The molecule has 30 heavy (non-hydrogen) atoms. The van der Waals surface area contributed by atoms with Gasteiger partial charge in [0.15, 0.2) is 0 Å². The molecule has 170 valence electrons. The Morgan fingerprint density at radius 2 is 1.43 bits per heavy atom. The Hall–Kier alpha value is -1.31. The van der Waals surface area contributed by atoms with E-state index in [1.54, 1.807) is 0 Å². The first-order valence-corrected chi connectivity index (χ1v) is 14.2. The van der Waals surface area contributed by atoms with E-state index < -0.39 is 11.6 Å². The fourth-order valence-electron chi connectivity index (χ4n) is 3.70. The van der Waals surface area contributed by atoms with E-state index in [1.165, 1.54) is 9.14 Å². The van der Waals surface area contributed by atoms with E-state index in [0.717, 1.165) is 56.1 Å². The van der Waals surface area contributed by atoms with Crippen molar-refractivity contribution in [3.05, 3.63) is 26.8 Å². The maximum atomic E-state index is 12.6. The molecule has 1 rings (SSSR count).